The molecule has 0 aromatic heterocycles. The predicted molar refractivity (Wildman–Crippen MR) is 65.6 cm³/mol. The third-order valence-corrected chi connectivity index (χ3v) is 3.54. The molecule has 2 rings (SSSR count). The van der Waals surface area contributed by atoms with Crippen LogP contribution in [-0.2, 0) is 11.3 Å². The number of hydrogen-bond donors (Lipinski definition) is 0. The number of hydrogen-bond acceptors (Lipinski definition) is 1. The highest BCUT2D eigenvalue weighted by Crippen LogP contribution is 2.21. The summed E-state index contributed by atoms with van der Waals surface area (Å²) in [5.41, 5.74) is 3.76. The first-order valence-electron chi connectivity index (χ1n) is 5.55. The maximum atomic E-state index is 11.6. The molecule has 86 valence electrons. The van der Waals surface area contributed by atoms with Crippen molar-refractivity contribution in [1.82, 2.24) is 4.90 Å². The lowest BCUT2D eigenvalue weighted by Gasteiger charge is -2.18. The molecule has 1 heterocycles. The summed E-state index contributed by atoms with van der Waals surface area (Å²) >= 11 is 5.98. The van der Waals surface area contributed by atoms with Crippen LogP contribution in [0.1, 0.15) is 23.1 Å². The first-order chi connectivity index (χ1) is 7.58. The van der Waals surface area contributed by atoms with Gasteiger partial charge >= 0.3 is 0 Å². The lowest BCUT2D eigenvalue weighted by Crippen LogP contribution is -2.25. The molecule has 0 radical (unpaired) electrons. The van der Waals surface area contributed by atoms with Gasteiger partial charge < -0.3 is 4.90 Å². The molecule has 1 aromatic rings. The van der Waals surface area contributed by atoms with E-state index in [0.717, 1.165) is 0 Å². The van der Waals surface area contributed by atoms with Crippen molar-refractivity contribution in [2.45, 2.75) is 32.2 Å². The first kappa shape index (κ1) is 11.5. The van der Waals surface area contributed by atoms with Crippen LogP contribution in [0.15, 0.2) is 18.2 Å². The van der Waals surface area contributed by atoms with Crippen LogP contribution >= 0.6 is 11.6 Å². The molecule has 3 heteroatoms. The Kier molecular flexibility index (Phi) is 3.20. The van der Waals surface area contributed by atoms with Gasteiger partial charge in [0.2, 0.25) is 5.91 Å². The van der Waals surface area contributed by atoms with Gasteiger partial charge in [-0.15, -0.1) is 11.6 Å². The number of halogens is 1. The number of nitrogens with zero attached hydrogens (tertiary/aromatic N) is 1. The standard InChI is InChI=1S/C13H16ClNO/c1-9-4-3-5-11(10(9)2)7-15-8-12(14)6-13(15)16/h3-5,12H,6-8H2,1-2H3. The maximum Gasteiger partial charge on any atom is 0.224 e. The van der Waals surface area contributed by atoms with E-state index in [9.17, 15) is 4.79 Å². The molecule has 0 spiro atoms. The molecule has 0 saturated carbocycles. The summed E-state index contributed by atoms with van der Waals surface area (Å²) in [5, 5.41) is -0.0161. The van der Waals surface area contributed by atoms with Crippen LogP contribution in [0, 0.1) is 13.8 Å². The Labute approximate surface area is 101 Å². The van der Waals surface area contributed by atoms with Gasteiger partial charge in [-0.05, 0) is 30.5 Å². The van der Waals surface area contributed by atoms with Crippen LogP contribution in [0.5, 0.6) is 0 Å². The van der Waals surface area contributed by atoms with Crippen LogP contribution in [-0.4, -0.2) is 22.7 Å². The topological polar surface area (TPSA) is 20.3 Å². The molecule has 2 nitrogen and oxygen atoms in total. The van der Waals surface area contributed by atoms with Crippen LogP contribution < -0.4 is 0 Å². The van der Waals surface area contributed by atoms with Gasteiger partial charge in [-0.3, -0.25) is 4.79 Å². The van der Waals surface area contributed by atoms with Crippen molar-refractivity contribution in [3.05, 3.63) is 34.9 Å². The number of carbonyl (C=O) groups is 1. The van der Waals surface area contributed by atoms with Gasteiger partial charge in [0.1, 0.15) is 0 Å². The summed E-state index contributed by atoms with van der Waals surface area (Å²) in [6.07, 6.45) is 0.479. The minimum Gasteiger partial charge on any atom is -0.337 e. The number of amides is 1. The van der Waals surface area contributed by atoms with Crippen LogP contribution in [0.4, 0.5) is 0 Å². The van der Waals surface area contributed by atoms with Crippen LogP contribution in [0.3, 0.4) is 0 Å². The molecular formula is C13H16ClNO. The van der Waals surface area contributed by atoms with Gasteiger partial charge in [-0.1, -0.05) is 18.2 Å². The van der Waals surface area contributed by atoms with Crippen molar-refractivity contribution in [3.8, 4) is 0 Å². The number of aryl methyl sites for hydroxylation is 1. The van der Waals surface area contributed by atoms with Gasteiger partial charge in [-0.25, -0.2) is 0 Å². The molecule has 16 heavy (non-hydrogen) atoms. The third kappa shape index (κ3) is 2.22. The van der Waals surface area contributed by atoms with Gasteiger partial charge in [0.15, 0.2) is 0 Å². The van der Waals surface area contributed by atoms with Crippen LogP contribution in [0.25, 0.3) is 0 Å². The third-order valence-electron chi connectivity index (χ3n) is 3.25. The summed E-state index contributed by atoms with van der Waals surface area (Å²) in [6, 6.07) is 6.21. The number of likely N-dealkylation sites (tertiary alicyclic amines) is 1. The lowest BCUT2D eigenvalue weighted by atomic mass is 10.0. The van der Waals surface area contributed by atoms with Crippen molar-refractivity contribution in [1.29, 1.82) is 0 Å². The van der Waals surface area contributed by atoms with Gasteiger partial charge in [-0.2, -0.15) is 0 Å². The summed E-state index contributed by atoms with van der Waals surface area (Å²) in [6.45, 7) is 5.56. The molecule has 1 amide bonds. The zero-order valence-electron chi connectivity index (χ0n) is 9.66. The minimum absolute atomic E-state index is 0.0161. The van der Waals surface area contributed by atoms with E-state index >= 15 is 0 Å². The van der Waals surface area contributed by atoms with Crippen LogP contribution in [0.2, 0.25) is 0 Å². The summed E-state index contributed by atoms with van der Waals surface area (Å²) < 4.78 is 0. The highest BCUT2D eigenvalue weighted by atomic mass is 35.5. The molecule has 1 unspecified atom stereocenters. The Hall–Kier alpha value is -1.02. The maximum absolute atomic E-state index is 11.6. The van der Waals surface area contributed by atoms with E-state index in [1.54, 1.807) is 0 Å². The van der Waals surface area contributed by atoms with Gasteiger partial charge in [0.25, 0.3) is 0 Å². The van der Waals surface area contributed by atoms with E-state index < -0.39 is 0 Å². The fourth-order valence-electron chi connectivity index (χ4n) is 2.07. The Morgan fingerprint density at radius 1 is 1.44 bits per heavy atom. The summed E-state index contributed by atoms with van der Waals surface area (Å²) in [7, 11) is 0. The molecular weight excluding hydrogens is 222 g/mol. The van der Waals surface area contributed by atoms with E-state index in [4.69, 9.17) is 11.6 Å². The number of alkyl halides is 1. The largest absolute Gasteiger partial charge is 0.337 e. The summed E-state index contributed by atoms with van der Waals surface area (Å²) in [5.74, 6) is 0.168. The van der Waals surface area contributed by atoms with Gasteiger partial charge in [0, 0.05) is 19.5 Å². The number of benzene rings is 1. The quantitative estimate of drug-likeness (QED) is 0.725. The fraction of sp³-hybridized carbons (Fsp3) is 0.462. The molecule has 1 saturated heterocycles. The highest BCUT2D eigenvalue weighted by Gasteiger charge is 2.28. The van der Waals surface area contributed by atoms with E-state index in [-0.39, 0.29) is 11.3 Å². The van der Waals surface area contributed by atoms with Crippen molar-refractivity contribution in [2.75, 3.05) is 6.54 Å². The van der Waals surface area contributed by atoms with E-state index in [2.05, 4.69) is 26.0 Å². The normalized spacial score (nSPS) is 20.6. The smallest absolute Gasteiger partial charge is 0.224 e. The molecule has 1 aromatic carbocycles. The predicted octanol–water partition coefficient (Wildman–Crippen LogP) is 2.64. The molecule has 1 fully saturated rings. The average molecular weight is 238 g/mol. The Bertz CT molecular complexity index is 416. The number of rotatable bonds is 2. The lowest BCUT2D eigenvalue weighted by molar-refractivity contribution is -0.128. The second-order valence-electron chi connectivity index (χ2n) is 4.43. The molecule has 0 bridgehead atoms. The molecule has 1 aliphatic rings. The minimum atomic E-state index is -0.0161. The molecule has 0 N–H and O–H groups in total. The first-order valence-corrected chi connectivity index (χ1v) is 5.98. The second-order valence-corrected chi connectivity index (χ2v) is 5.05. The molecule has 0 aliphatic carbocycles. The molecule has 1 atom stereocenters. The second kappa shape index (κ2) is 4.46. The van der Waals surface area contributed by atoms with E-state index in [1.807, 2.05) is 11.0 Å². The fourth-order valence-corrected chi connectivity index (χ4v) is 2.36. The van der Waals surface area contributed by atoms with Crippen molar-refractivity contribution in [2.24, 2.45) is 0 Å². The van der Waals surface area contributed by atoms with Gasteiger partial charge in [0.05, 0.1) is 5.38 Å². The summed E-state index contributed by atoms with van der Waals surface area (Å²) in [4.78, 5) is 13.5. The number of carbonyl (C=O) groups excluding carboxylic acids is 1. The average Bonchev–Trinajstić information content (AvgIpc) is 2.53. The monoisotopic (exact) mass is 237 g/mol. The Balaban J connectivity index is 2.15. The Morgan fingerprint density at radius 2 is 2.19 bits per heavy atom. The zero-order valence-corrected chi connectivity index (χ0v) is 10.4. The van der Waals surface area contributed by atoms with E-state index in [1.165, 1.54) is 16.7 Å². The zero-order chi connectivity index (χ0) is 11.7. The van der Waals surface area contributed by atoms with Crippen molar-refractivity contribution >= 4 is 17.5 Å². The SMILES string of the molecule is Cc1cccc(CN2CC(Cl)CC2=O)c1C. The van der Waals surface area contributed by atoms with Crippen molar-refractivity contribution in [3.63, 3.8) is 0 Å². The van der Waals surface area contributed by atoms with Crippen molar-refractivity contribution < 1.29 is 4.79 Å². The Morgan fingerprint density at radius 3 is 2.81 bits per heavy atom. The molecule has 1 aliphatic heterocycles. The highest BCUT2D eigenvalue weighted by molar-refractivity contribution is 6.22. The van der Waals surface area contributed by atoms with E-state index in [0.29, 0.717) is 19.5 Å².